The third kappa shape index (κ3) is 13.1. The van der Waals surface area contributed by atoms with Crippen molar-refractivity contribution in [3.05, 3.63) is 107 Å². The summed E-state index contributed by atoms with van der Waals surface area (Å²) in [6, 6.07) is 20.2. The minimum Gasteiger partial charge on any atom is -0.464 e. The second-order valence-corrected chi connectivity index (χ2v) is 10.9. The van der Waals surface area contributed by atoms with Gasteiger partial charge in [-0.15, -0.1) is 0 Å². The molecule has 0 fully saturated rings. The third-order valence-corrected chi connectivity index (χ3v) is 6.54. The monoisotopic (exact) mass is 690 g/mol. The molecule has 2 N–H and O–H groups in total. The summed E-state index contributed by atoms with van der Waals surface area (Å²) in [5, 5.41) is 5.23. The molecule has 0 aliphatic heterocycles. The lowest BCUT2D eigenvalue weighted by Gasteiger charge is -2.15. The first-order valence-corrected chi connectivity index (χ1v) is 15.4. The van der Waals surface area contributed by atoms with Crippen LogP contribution in [0.4, 0.5) is 21.0 Å². The van der Waals surface area contributed by atoms with Crippen molar-refractivity contribution in [2.75, 3.05) is 37.1 Å². The van der Waals surface area contributed by atoms with E-state index in [2.05, 4.69) is 21.9 Å². The highest BCUT2D eigenvalue weighted by atomic mass is 16.6. The van der Waals surface area contributed by atoms with Crippen LogP contribution in [0.25, 0.3) is 0 Å². The molecule has 0 aliphatic rings. The molecule has 0 saturated carbocycles. The van der Waals surface area contributed by atoms with Crippen LogP contribution < -0.4 is 10.6 Å². The van der Waals surface area contributed by atoms with Crippen molar-refractivity contribution in [1.82, 2.24) is 0 Å². The molecule has 0 spiro atoms. The highest BCUT2D eigenvalue weighted by Gasteiger charge is 2.21. The molecule has 14 nitrogen and oxygen atoms in total. The number of benzene rings is 3. The highest BCUT2D eigenvalue weighted by Crippen LogP contribution is 2.17. The van der Waals surface area contributed by atoms with Gasteiger partial charge in [0.2, 0.25) is 0 Å². The van der Waals surface area contributed by atoms with E-state index < -0.39 is 42.3 Å². The van der Waals surface area contributed by atoms with Gasteiger partial charge in [-0.2, -0.15) is 0 Å². The Morgan fingerprint density at radius 3 is 1.62 bits per heavy atom. The Bertz CT molecular complexity index is 1650. The van der Waals surface area contributed by atoms with Crippen molar-refractivity contribution in [2.24, 2.45) is 0 Å². The summed E-state index contributed by atoms with van der Waals surface area (Å²) in [4.78, 5) is 71.4. The van der Waals surface area contributed by atoms with Gasteiger partial charge in [-0.3, -0.25) is 15.4 Å². The van der Waals surface area contributed by atoms with Gasteiger partial charge in [0.15, 0.2) is 0 Å². The molecule has 0 heterocycles. The summed E-state index contributed by atoms with van der Waals surface area (Å²) in [5.74, 6) is -2.24. The number of hydrogen-bond acceptors (Lipinski definition) is 12. The smallest absolute Gasteiger partial charge is 0.412 e. The quantitative estimate of drug-likeness (QED) is 0.0601. The fraction of sp³-hybridized carbons (Fsp3) is 0.278. The maximum atomic E-state index is 12.7. The molecule has 0 saturated heterocycles. The predicted octanol–water partition coefficient (Wildman–Crippen LogP) is 5.46. The number of ether oxygens (including phenoxy) is 6. The van der Waals surface area contributed by atoms with Crippen LogP contribution in [-0.2, 0) is 44.4 Å². The molecule has 50 heavy (non-hydrogen) atoms. The van der Waals surface area contributed by atoms with Crippen LogP contribution in [0.2, 0.25) is 0 Å². The standard InChI is InChI=1S/C36H38N2O12/c1-23(2)32(40)46-17-18-47-33(41)30-7-5-6-8-31(30)34(42)48-21-25(4)50-36(44)38-29-15-11-27(12-16-29)19-26-9-13-28(14-10-26)37-35(43)49-24(3)20-45-22-39/h5-16,22,24-25H,1,17-21H2,2-4H3,(H,37,43)(H,38,44). The number of rotatable bonds is 17. The van der Waals surface area contributed by atoms with Gasteiger partial charge >= 0.3 is 30.1 Å². The van der Waals surface area contributed by atoms with Crippen LogP contribution in [0.1, 0.15) is 52.6 Å². The lowest BCUT2D eigenvalue weighted by Crippen LogP contribution is -2.26. The van der Waals surface area contributed by atoms with E-state index >= 15 is 0 Å². The first-order valence-electron chi connectivity index (χ1n) is 15.4. The van der Waals surface area contributed by atoms with Crippen molar-refractivity contribution < 1.29 is 57.2 Å². The fourth-order valence-electron chi connectivity index (χ4n) is 4.13. The summed E-state index contributed by atoms with van der Waals surface area (Å²) < 4.78 is 30.2. The second kappa shape index (κ2) is 19.6. The normalized spacial score (nSPS) is 11.5. The molecule has 3 rings (SSSR count). The molecule has 3 aromatic carbocycles. The first-order chi connectivity index (χ1) is 23.9. The SMILES string of the molecule is C=C(C)C(=O)OCCOC(=O)c1ccccc1C(=O)OCC(C)OC(=O)Nc1ccc(Cc2ccc(NC(=O)OC(C)COC=O)cc2)cc1. The Hall–Kier alpha value is -6.18. The zero-order valence-electron chi connectivity index (χ0n) is 27.8. The summed E-state index contributed by atoms with van der Waals surface area (Å²) in [7, 11) is 0. The van der Waals surface area contributed by atoms with E-state index in [1.807, 2.05) is 24.3 Å². The van der Waals surface area contributed by atoms with Crippen LogP contribution >= 0.6 is 0 Å². The van der Waals surface area contributed by atoms with Crippen LogP contribution in [0.5, 0.6) is 0 Å². The van der Waals surface area contributed by atoms with Crippen molar-refractivity contribution in [1.29, 1.82) is 0 Å². The number of hydrogen-bond donors (Lipinski definition) is 2. The Labute approximate surface area is 288 Å². The molecular formula is C36H38N2O12. The summed E-state index contributed by atoms with van der Waals surface area (Å²) in [5.41, 5.74) is 3.07. The zero-order valence-corrected chi connectivity index (χ0v) is 27.8. The topological polar surface area (TPSA) is 182 Å². The Morgan fingerprint density at radius 2 is 1.14 bits per heavy atom. The maximum Gasteiger partial charge on any atom is 0.412 e. The van der Waals surface area contributed by atoms with Gasteiger partial charge in [0.05, 0.1) is 11.1 Å². The molecule has 3 aromatic rings. The van der Waals surface area contributed by atoms with Gasteiger partial charge in [0.25, 0.3) is 6.47 Å². The minimum absolute atomic E-state index is 0.0399. The van der Waals surface area contributed by atoms with E-state index in [-0.39, 0.29) is 49.6 Å². The van der Waals surface area contributed by atoms with Crippen molar-refractivity contribution in [3.8, 4) is 0 Å². The van der Waals surface area contributed by atoms with E-state index in [1.165, 1.54) is 26.0 Å². The van der Waals surface area contributed by atoms with Crippen LogP contribution in [0, 0.1) is 0 Å². The molecule has 14 heteroatoms. The number of amides is 2. The number of anilines is 2. The van der Waals surface area contributed by atoms with Gasteiger partial charge in [-0.05, 0) is 74.7 Å². The van der Waals surface area contributed by atoms with Gasteiger partial charge in [-0.1, -0.05) is 43.0 Å². The average molecular weight is 691 g/mol. The minimum atomic E-state index is -0.821. The number of nitrogens with one attached hydrogen (secondary N) is 2. The molecule has 0 radical (unpaired) electrons. The lowest BCUT2D eigenvalue weighted by atomic mass is 10.0. The summed E-state index contributed by atoms with van der Waals surface area (Å²) >= 11 is 0. The Kier molecular flexibility index (Phi) is 15.0. The van der Waals surface area contributed by atoms with E-state index in [9.17, 15) is 28.8 Å². The van der Waals surface area contributed by atoms with E-state index in [1.54, 1.807) is 43.3 Å². The van der Waals surface area contributed by atoms with Gasteiger partial charge < -0.3 is 28.4 Å². The highest BCUT2D eigenvalue weighted by molar-refractivity contribution is 6.03. The van der Waals surface area contributed by atoms with Gasteiger partial charge in [-0.25, -0.2) is 24.0 Å². The summed E-state index contributed by atoms with van der Waals surface area (Å²) in [6.07, 6.45) is -2.26. The third-order valence-electron chi connectivity index (χ3n) is 6.54. The molecule has 2 atom stereocenters. The molecule has 0 bridgehead atoms. The number of esters is 3. The summed E-state index contributed by atoms with van der Waals surface area (Å²) in [6.45, 7) is 7.65. The largest absolute Gasteiger partial charge is 0.464 e. The van der Waals surface area contributed by atoms with Gasteiger partial charge in [0.1, 0.15) is 38.6 Å². The van der Waals surface area contributed by atoms with Crippen molar-refractivity contribution in [2.45, 2.75) is 39.4 Å². The van der Waals surface area contributed by atoms with Crippen LogP contribution in [0.15, 0.2) is 84.9 Å². The molecule has 264 valence electrons. The van der Waals surface area contributed by atoms with Crippen LogP contribution in [-0.4, -0.2) is 75.2 Å². The molecule has 0 aliphatic carbocycles. The molecular weight excluding hydrogens is 652 g/mol. The maximum absolute atomic E-state index is 12.7. The molecule has 0 aromatic heterocycles. The predicted molar refractivity (Wildman–Crippen MR) is 180 cm³/mol. The number of carbonyl (C=O) groups is 6. The van der Waals surface area contributed by atoms with Gasteiger partial charge in [0, 0.05) is 16.9 Å². The number of carbonyl (C=O) groups excluding carboxylic acids is 6. The Balaban J connectivity index is 1.41. The van der Waals surface area contributed by atoms with Crippen molar-refractivity contribution in [3.63, 3.8) is 0 Å². The van der Waals surface area contributed by atoms with E-state index in [0.717, 1.165) is 11.1 Å². The second-order valence-electron chi connectivity index (χ2n) is 10.9. The Morgan fingerprint density at radius 1 is 0.680 bits per heavy atom. The first kappa shape index (κ1) is 38.3. The lowest BCUT2D eigenvalue weighted by molar-refractivity contribution is -0.140. The van der Waals surface area contributed by atoms with E-state index in [4.69, 9.17) is 23.7 Å². The molecule has 2 unspecified atom stereocenters. The van der Waals surface area contributed by atoms with Crippen molar-refractivity contribution >= 4 is 47.9 Å². The fourth-order valence-corrected chi connectivity index (χ4v) is 4.13. The van der Waals surface area contributed by atoms with E-state index in [0.29, 0.717) is 17.8 Å². The zero-order chi connectivity index (χ0) is 36.5. The molecule has 2 amide bonds. The average Bonchev–Trinajstić information content (AvgIpc) is 3.09. The van der Waals surface area contributed by atoms with Crippen LogP contribution in [0.3, 0.4) is 0 Å².